The molecule has 2 nitrogen and oxygen atoms in total. The van der Waals surface area contributed by atoms with Crippen molar-refractivity contribution in [2.45, 2.75) is 0 Å². The van der Waals surface area contributed by atoms with Crippen LogP contribution in [-0.4, -0.2) is 13.3 Å². The largest absolute Gasteiger partial charge is 0.362 e. The summed E-state index contributed by atoms with van der Waals surface area (Å²) >= 11 is 0. The van der Waals surface area contributed by atoms with E-state index in [4.69, 9.17) is 0 Å². The monoisotopic (exact) mass is 160 g/mol. The molecule has 0 spiro atoms. The highest BCUT2D eigenvalue weighted by Gasteiger charge is 1.93. The van der Waals surface area contributed by atoms with Crippen LogP contribution in [0.2, 0.25) is 0 Å². The van der Waals surface area contributed by atoms with E-state index in [0.717, 1.165) is 11.3 Å². The van der Waals surface area contributed by atoms with Crippen LogP contribution in [0.5, 0.6) is 0 Å². The maximum absolute atomic E-state index is 3.95. The summed E-state index contributed by atoms with van der Waals surface area (Å²) in [4.78, 5) is 3.95. The molecule has 0 aromatic heterocycles. The summed E-state index contributed by atoms with van der Waals surface area (Å²) in [7, 11) is 1.75. The van der Waals surface area contributed by atoms with Gasteiger partial charge in [-0.2, -0.15) is 0 Å². The lowest BCUT2D eigenvalue weighted by Crippen LogP contribution is -1.92. The Labute approximate surface area is 72.6 Å². The summed E-state index contributed by atoms with van der Waals surface area (Å²) in [6.07, 6.45) is 3.47. The fourth-order valence-corrected chi connectivity index (χ4v) is 0.990. The summed E-state index contributed by atoms with van der Waals surface area (Å²) in [6, 6.07) is 7.93. The Balaban J connectivity index is 2.99. The predicted octanol–water partition coefficient (Wildman–Crippen LogP) is 2.29. The topological polar surface area (TPSA) is 24.4 Å². The number of rotatable bonds is 3. The highest BCUT2D eigenvalue weighted by molar-refractivity contribution is 5.87. The standard InChI is InChI=1S/C10H12N2/c1-3-12-10-7-5-4-6-9(10)8-11-2/h3-8,12H,1H2,2H3. The summed E-state index contributed by atoms with van der Waals surface area (Å²) < 4.78 is 0. The Kier molecular flexibility index (Phi) is 3.08. The van der Waals surface area contributed by atoms with E-state index in [-0.39, 0.29) is 0 Å². The van der Waals surface area contributed by atoms with E-state index in [1.54, 1.807) is 13.2 Å². The number of anilines is 1. The summed E-state index contributed by atoms with van der Waals surface area (Å²) in [5.74, 6) is 0. The molecule has 62 valence electrons. The minimum absolute atomic E-state index is 1.03. The van der Waals surface area contributed by atoms with Crippen molar-refractivity contribution in [1.29, 1.82) is 0 Å². The Morgan fingerprint density at radius 1 is 1.42 bits per heavy atom. The van der Waals surface area contributed by atoms with Crippen LogP contribution in [0, 0.1) is 0 Å². The van der Waals surface area contributed by atoms with Crippen molar-refractivity contribution in [3.63, 3.8) is 0 Å². The normalized spacial score (nSPS) is 10.1. The number of hydrogen-bond acceptors (Lipinski definition) is 2. The van der Waals surface area contributed by atoms with Crippen LogP contribution < -0.4 is 5.32 Å². The molecule has 0 atom stereocenters. The van der Waals surface area contributed by atoms with Crippen LogP contribution in [0.3, 0.4) is 0 Å². The second kappa shape index (κ2) is 4.34. The average Bonchev–Trinajstić information content (AvgIpc) is 2.09. The van der Waals surface area contributed by atoms with E-state index in [0.29, 0.717) is 0 Å². The first-order chi connectivity index (χ1) is 5.88. The summed E-state index contributed by atoms with van der Waals surface area (Å²) in [6.45, 7) is 3.60. The minimum atomic E-state index is 1.03. The molecule has 1 aromatic rings. The van der Waals surface area contributed by atoms with Gasteiger partial charge in [0, 0.05) is 24.5 Å². The zero-order valence-electron chi connectivity index (χ0n) is 7.12. The second-order valence-electron chi connectivity index (χ2n) is 2.32. The number of hydrogen-bond donors (Lipinski definition) is 1. The lowest BCUT2D eigenvalue weighted by atomic mass is 10.2. The molecular formula is C10H12N2. The van der Waals surface area contributed by atoms with E-state index in [2.05, 4.69) is 16.9 Å². The molecule has 0 heterocycles. The van der Waals surface area contributed by atoms with Crippen LogP contribution in [0.15, 0.2) is 42.0 Å². The van der Waals surface area contributed by atoms with Crippen molar-refractivity contribution in [3.05, 3.63) is 42.6 Å². The van der Waals surface area contributed by atoms with Gasteiger partial charge < -0.3 is 5.32 Å². The van der Waals surface area contributed by atoms with Crippen molar-refractivity contribution in [3.8, 4) is 0 Å². The molecule has 0 unspecified atom stereocenters. The van der Waals surface area contributed by atoms with Gasteiger partial charge in [0.25, 0.3) is 0 Å². The molecule has 0 radical (unpaired) electrons. The molecule has 0 saturated heterocycles. The molecule has 0 saturated carbocycles. The number of benzene rings is 1. The third-order valence-corrected chi connectivity index (χ3v) is 1.49. The first-order valence-electron chi connectivity index (χ1n) is 3.77. The molecule has 1 N–H and O–H groups in total. The van der Waals surface area contributed by atoms with Crippen molar-refractivity contribution >= 4 is 11.9 Å². The molecule has 2 heteroatoms. The molecule has 0 fully saturated rings. The fourth-order valence-electron chi connectivity index (χ4n) is 0.990. The van der Waals surface area contributed by atoms with Gasteiger partial charge in [-0.15, -0.1) is 0 Å². The van der Waals surface area contributed by atoms with E-state index in [9.17, 15) is 0 Å². The van der Waals surface area contributed by atoms with Crippen molar-refractivity contribution in [1.82, 2.24) is 0 Å². The van der Waals surface area contributed by atoms with E-state index in [1.165, 1.54) is 0 Å². The average molecular weight is 160 g/mol. The maximum atomic E-state index is 3.95. The lowest BCUT2D eigenvalue weighted by molar-refractivity contribution is 1.46. The summed E-state index contributed by atoms with van der Waals surface area (Å²) in [5, 5.41) is 3.03. The van der Waals surface area contributed by atoms with Gasteiger partial charge in [0.05, 0.1) is 0 Å². The molecule has 0 aliphatic heterocycles. The van der Waals surface area contributed by atoms with Crippen molar-refractivity contribution in [2.75, 3.05) is 12.4 Å². The zero-order chi connectivity index (χ0) is 8.81. The Morgan fingerprint density at radius 3 is 2.83 bits per heavy atom. The first kappa shape index (κ1) is 8.53. The van der Waals surface area contributed by atoms with E-state index < -0.39 is 0 Å². The second-order valence-corrected chi connectivity index (χ2v) is 2.32. The molecule has 0 bridgehead atoms. The quantitative estimate of drug-likeness (QED) is 0.674. The Hall–Kier alpha value is -1.57. The molecule has 1 aromatic carbocycles. The number of nitrogens with zero attached hydrogens (tertiary/aromatic N) is 1. The number of para-hydroxylation sites is 1. The minimum Gasteiger partial charge on any atom is -0.362 e. The first-order valence-corrected chi connectivity index (χ1v) is 3.77. The highest BCUT2D eigenvalue weighted by atomic mass is 14.8. The SMILES string of the molecule is C=CNc1ccccc1C=NC. The maximum Gasteiger partial charge on any atom is 0.0468 e. The van der Waals surface area contributed by atoms with Gasteiger partial charge in [0.2, 0.25) is 0 Å². The van der Waals surface area contributed by atoms with Gasteiger partial charge in [0.15, 0.2) is 0 Å². The van der Waals surface area contributed by atoms with Crippen LogP contribution in [0.1, 0.15) is 5.56 Å². The smallest absolute Gasteiger partial charge is 0.0468 e. The number of nitrogens with one attached hydrogen (secondary N) is 1. The van der Waals surface area contributed by atoms with E-state index in [1.807, 2.05) is 30.5 Å². The molecule has 0 aliphatic carbocycles. The van der Waals surface area contributed by atoms with Gasteiger partial charge >= 0.3 is 0 Å². The fraction of sp³-hybridized carbons (Fsp3) is 0.100. The van der Waals surface area contributed by atoms with Crippen LogP contribution in [0.4, 0.5) is 5.69 Å². The van der Waals surface area contributed by atoms with Crippen LogP contribution >= 0.6 is 0 Å². The van der Waals surface area contributed by atoms with Crippen LogP contribution in [0.25, 0.3) is 0 Å². The third kappa shape index (κ3) is 1.95. The van der Waals surface area contributed by atoms with E-state index >= 15 is 0 Å². The number of aliphatic imine (C=N–C) groups is 1. The van der Waals surface area contributed by atoms with Gasteiger partial charge in [-0.05, 0) is 12.3 Å². The Bertz CT molecular complexity index is 290. The van der Waals surface area contributed by atoms with Gasteiger partial charge in [-0.3, -0.25) is 4.99 Å². The molecule has 0 aliphatic rings. The molecule has 1 rings (SSSR count). The molecular weight excluding hydrogens is 148 g/mol. The van der Waals surface area contributed by atoms with Crippen molar-refractivity contribution < 1.29 is 0 Å². The van der Waals surface area contributed by atoms with Crippen molar-refractivity contribution in [2.24, 2.45) is 4.99 Å². The van der Waals surface area contributed by atoms with Crippen LogP contribution in [-0.2, 0) is 0 Å². The highest BCUT2D eigenvalue weighted by Crippen LogP contribution is 2.11. The summed E-state index contributed by atoms with van der Waals surface area (Å²) in [5.41, 5.74) is 2.10. The Morgan fingerprint density at radius 2 is 2.17 bits per heavy atom. The molecule has 0 amide bonds. The molecule has 12 heavy (non-hydrogen) atoms. The van der Waals surface area contributed by atoms with Gasteiger partial charge in [0.1, 0.15) is 0 Å². The predicted molar refractivity (Wildman–Crippen MR) is 53.8 cm³/mol. The lowest BCUT2D eigenvalue weighted by Gasteiger charge is -2.03. The van der Waals surface area contributed by atoms with Gasteiger partial charge in [-0.1, -0.05) is 24.8 Å². The zero-order valence-corrected chi connectivity index (χ0v) is 7.12. The third-order valence-electron chi connectivity index (χ3n) is 1.49. The van der Waals surface area contributed by atoms with Gasteiger partial charge in [-0.25, -0.2) is 0 Å².